The first-order chi connectivity index (χ1) is 13.7. The number of hydrogen-bond donors (Lipinski definition) is 0. The summed E-state index contributed by atoms with van der Waals surface area (Å²) in [6.45, 7) is 6.03. The molecule has 2 fully saturated rings. The molecular formula is C22H29N3O2S. The molecule has 0 bridgehead atoms. The maximum absolute atomic E-state index is 12.7. The molecule has 28 heavy (non-hydrogen) atoms. The Labute approximate surface area is 171 Å². The van der Waals surface area contributed by atoms with Gasteiger partial charge in [-0.25, -0.2) is 4.98 Å². The van der Waals surface area contributed by atoms with Crippen LogP contribution in [-0.2, 0) is 4.79 Å². The van der Waals surface area contributed by atoms with Crippen LogP contribution in [0.3, 0.4) is 0 Å². The average molecular weight is 400 g/mol. The molecule has 1 amide bonds. The Morgan fingerprint density at radius 1 is 1.11 bits per heavy atom. The molecule has 0 atom stereocenters. The molecule has 1 aromatic carbocycles. The van der Waals surface area contributed by atoms with Gasteiger partial charge in [-0.15, -0.1) is 11.3 Å². The van der Waals surface area contributed by atoms with Gasteiger partial charge in [-0.05, 0) is 44.0 Å². The number of benzene rings is 1. The quantitative estimate of drug-likeness (QED) is 0.746. The number of piperazine rings is 1. The van der Waals surface area contributed by atoms with E-state index in [2.05, 4.69) is 27.3 Å². The highest BCUT2D eigenvalue weighted by Crippen LogP contribution is 2.30. The molecule has 2 heterocycles. The van der Waals surface area contributed by atoms with Gasteiger partial charge in [-0.2, -0.15) is 0 Å². The zero-order valence-electron chi connectivity index (χ0n) is 16.6. The first-order valence-electron chi connectivity index (χ1n) is 10.5. The second kappa shape index (κ2) is 8.95. The molecule has 1 aliphatic carbocycles. The van der Waals surface area contributed by atoms with Gasteiger partial charge in [0.15, 0.2) is 5.13 Å². The molecule has 1 saturated heterocycles. The number of hydrogen-bond acceptors (Lipinski definition) is 5. The van der Waals surface area contributed by atoms with Gasteiger partial charge in [0.25, 0.3) is 0 Å². The van der Waals surface area contributed by atoms with Gasteiger partial charge in [0, 0.05) is 43.0 Å². The number of anilines is 1. The van der Waals surface area contributed by atoms with Crippen LogP contribution in [0.5, 0.6) is 5.75 Å². The normalized spacial score (nSPS) is 18.3. The minimum atomic E-state index is 0.270. The van der Waals surface area contributed by atoms with Crippen molar-refractivity contribution in [3.8, 4) is 17.0 Å². The molecule has 0 radical (unpaired) electrons. The molecule has 1 aromatic heterocycles. The van der Waals surface area contributed by atoms with E-state index in [0.717, 1.165) is 61.2 Å². The Bertz CT molecular complexity index is 775. The number of nitrogens with zero attached hydrogens (tertiary/aromatic N) is 3. The summed E-state index contributed by atoms with van der Waals surface area (Å²) in [6, 6.07) is 8.11. The summed E-state index contributed by atoms with van der Waals surface area (Å²) in [5, 5.41) is 3.17. The molecule has 5 nitrogen and oxygen atoms in total. The first-order valence-corrected chi connectivity index (χ1v) is 11.3. The second-order valence-corrected chi connectivity index (χ2v) is 8.46. The predicted molar refractivity (Wildman–Crippen MR) is 114 cm³/mol. The highest BCUT2D eigenvalue weighted by Gasteiger charge is 2.29. The molecule has 0 N–H and O–H groups in total. The number of carbonyl (C=O) groups excluding carboxylic acids is 1. The molecule has 1 aliphatic heterocycles. The van der Waals surface area contributed by atoms with Crippen LogP contribution in [0, 0.1) is 5.92 Å². The molecule has 0 unspecified atom stereocenters. The van der Waals surface area contributed by atoms with Crippen molar-refractivity contribution in [3.63, 3.8) is 0 Å². The number of thiazole rings is 1. The number of amides is 1. The molecule has 4 rings (SSSR count). The van der Waals surface area contributed by atoms with Crippen molar-refractivity contribution in [1.82, 2.24) is 9.88 Å². The minimum Gasteiger partial charge on any atom is -0.494 e. The van der Waals surface area contributed by atoms with Gasteiger partial charge in [-0.3, -0.25) is 4.79 Å². The number of rotatable bonds is 5. The highest BCUT2D eigenvalue weighted by molar-refractivity contribution is 7.14. The van der Waals surface area contributed by atoms with E-state index < -0.39 is 0 Å². The van der Waals surface area contributed by atoms with E-state index in [-0.39, 0.29) is 5.92 Å². The Hall–Kier alpha value is -2.08. The fourth-order valence-corrected chi connectivity index (χ4v) is 5.05. The van der Waals surface area contributed by atoms with Gasteiger partial charge in [0.05, 0.1) is 12.3 Å². The Morgan fingerprint density at radius 3 is 2.50 bits per heavy atom. The number of ether oxygens (including phenoxy) is 1. The Morgan fingerprint density at radius 2 is 1.82 bits per heavy atom. The van der Waals surface area contributed by atoms with Gasteiger partial charge < -0.3 is 14.5 Å². The Balaban J connectivity index is 1.34. The zero-order valence-corrected chi connectivity index (χ0v) is 17.4. The van der Waals surface area contributed by atoms with E-state index in [4.69, 9.17) is 9.72 Å². The van der Waals surface area contributed by atoms with Crippen molar-refractivity contribution < 1.29 is 9.53 Å². The Kier molecular flexibility index (Phi) is 6.15. The maximum atomic E-state index is 12.7. The van der Waals surface area contributed by atoms with E-state index >= 15 is 0 Å². The highest BCUT2D eigenvalue weighted by atomic mass is 32.1. The molecule has 2 aliphatic rings. The monoisotopic (exact) mass is 399 g/mol. The second-order valence-electron chi connectivity index (χ2n) is 7.62. The van der Waals surface area contributed by atoms with E-state index in [1.165, 1.54) is 19.3 Å². The van der Waals surface area contributed by atoms with Crippen LogP contribution in [0.2, 0.25) is 0 Å². The van der Waals surface area contributed by atoms with Gasteiger partial charge in [0.2, 0.25) is 5.91 Å². The van der Waals surface area contributed by atoms with Crippen molar-refractivity contribution in [2.24, 2.45) is 5.92 Å². The lowest BCUT2D eigenvalue weighted by Crippen LogP contribution is -2.50. The van der Waals surface area contributed by atoms with Gasteiger partial charge >= 0.3 is 0 Å². The SMILES string of the molecule is CCOc1ccc(-c2csc(N3CCN(C(=O)C4CCCCC4)CC3)n2)cc1. The van der Waals surface area contributed by atoms with Crippen LogP contribution in [0.25, 0.3) is 11.3 Å². The molecule has 6 heteroatoms. The third-order valence-corrected chi connectivity index (χ3v) is 6.67. The van der Waals surface area contributed by atoms with Crippen molar-refractivity contribution in [1.29, 1.82) is 0 Å². The number of aromatic nitrogens is 1. The largest absolute Gasteiger partial charge is 0.494 e. The lowest BCUT2D eigenvalue weighted by molar-refractivity contribution is -0.136. The lowest BCUT2D eigenvalue weighted by atomic mass is 9.88. The fourth-order valence-electron chi connectivity index (χ4n) is 4.16. The van der Waals surface area contributed by atoms with E-state index in [0.29, 0.717) is 12.5 Å². The third-order valence-electron chi connectivity index (χ3n) is 5.77. The van der Waals surface area contributed by atoms with Gasteiger partial charge in [-0.1, -0.05) is 19.3 Å². The van der Waals surface area contributed by atoms with Crippen LogP contribution >= 0.6 is 11.3 Å². The smallest absolute Gasteiger partial charge is 0.225 e. The number of carbonyl (C=O) groups is 1. The maximum Gasteiger partial charge on any atom is 0.225 e. The van der Waals surface area contributed by atoms with Crippen LogP contribution in [-0.4, -0.2) is 48.6 Å². The van der Waals surface area contributed by atoms with Crippen LogP contribution in [0.4, 0.5) is 5.13 Å². The molecular weight excluding hydrogens is 370 g/mol. The topological polar surface area (TPSA) is 45.7 Å². The summed E-state index contributed by atoms with van der Waals surface area (Å²) in [7, 11) is 0. The summed E-state index contributed by atoms with van der Waals surface area (Å²) >= 11 is 1.68. The standard InChI is InChI=1S/C22H29N3O2S/c1-2-27-19-10-8-17(9-11-19)20-16-28-22(23-20)25-14-12-24(13-15-25)21(26)18-6-4-3-5-7-18/h8-11,16,18H,2-7,12-15H2,1H3. The minimum absolute atomic E-state index is 0.270. The van der Waals surface area contributed by atoms with Gasteiger partial charge in [0.1, 0.15) is 5.75 Å². The van der Waals surface area contributed by atoms with Crippen molar-refractivity contribution in [2.75, 3.05) is 37.7 Å². The third kappa shape index (κ3) is 4.32. The predicted octanol–water partition coefficient (Wildman–Crippen LogP) is 4.44. The van der Waals surface area contributed by atoms with E-state index in [1.54, 1.807) is 11.3 Å². The van der Waals surface area contributed by atoms with Crippen LogP contribution in [0.1, 0.15) is 39.0 Å². The molecule has 1 saturated carbocycles. The van der Waals surface area contributed by atoms with Crippen LogP contribution in [0.15, 0.2) is 29.6 Å². The summed E-state index contributed by atoms with van der Waals surface area (Å²) < 4.78 is 5.51. The fraction of sp³-hybridized carbons (Fsp3) is 0.545. The van der Waals surface area contributed by atoms with Crippen LogP contribution < -0.4 is 9.64 Å². The summed E-state index contributed by atoms with van der Waals surface area (Å²) in [5.41, 5.74) is 2.11. The van der Waals surface area contributed by atoms with E-state index in [9.17, 15) is 4.79 Å². The summed E-state index contributed by atoms with van der Waals surface area (Å²) in [4.78, 5) is 22.0. The summed E-state index contributed by atoms with van der Waals surface area (Å²) in [5.74, 6) is 1.54. The lowest BCUT2D eigenvalue weighted by Gasteiger charge is -2.37. The van der Waals surface area contributed by atoms with Crippen molar-refractivity contribution in [3.05, 3.63) is 29.6 Å². The molecule has 150 valence electrons. The first kappa shape index (κ1) is 19.2. The average Bonchev–Trinajstić information content (AvgIpc) is 3.25. The molecule has 2 aromatic rings. The van der Waals surface area contributed by atoms with Crippen molar-refractivity contribution in [2.45, 2.75) is 39.0 Å². The van der Waals surface area contributed by atoms with E-state index in [1.807, 2.05) is 19.1 Å². The molecule has 0 spiro atoms. The summed E-state index contributed by atoms with van der Waals surface area (Å²) in [6.07, 6.45) is 5.87. The van der Waals surface area contributed by atoms with Crippen molar-refractivity contribution >= 4 is 22.4 Å². The zero-order chi connectivity index (χ0) is 19.3.